The quantitative estimate of drug-likeness (QED) is 0.359. The Morgan fingerprint density at radius 1 is 1.19 bits per heavy atom. The van der Waals surface area contributed by atoms with Crippen molar-refractivity contribution in [1.82, 2.24) is 19.3 Å². The maximum absolute atomic E-state index is 14.3. The molecule has 0 spiro atoms. The third kappa shape index (κ3) is 10.5. The number of aliphatic hydroxyl groups is 1. The number of benzene rings is 1. The van der Waals surface area contributed by atoms with E-state index in [-0.39, 0.29) is 65.4 Å². The topological polar surface area (TPSA) is 155 Å². The SMILES string of the molecule is Cc1noc(C)c1S(=O)(=O)N(C)C[C@H]1OCCCC[C@H](C)Oc2ccc(NC(=O)CCCN(C)C)cc2C(=O)N([C@@H](C)CO)C[C@@H]1C. The van der Waals surface area contributed by atoms with Crippen LogP contribution in [0.2, 0.25) is 0 Å². The second kappa shape index (κ2) is 17.4. The monoisotopic (exact) mass is 679 g/mol. The first-order valence-electron chi connectivity index (χ1n) is 16.3. The number of carbonyl (C=O) groups is 2. The molecule has 4 atom stereocenters. The number of nitrogens with one attached hydrogen (secondary N) is 1. The summed E-state index contributed by atoms with van der Waals surface area (Å²) in [5.74, 6) is -0.259. The highest BCUT2D eigenvalue weighted by Crippen LogP contribution is 2.29. The zero-order chi connectivity index (χ0) is 34.9. The predicted molar refractivity (Wildman–Crippen MR) is 179 cm³/mol. The van der Waals surface area contributed by atoms with Crippen molar-refractivity contribution < 1.29 is 37.1 Å². The molecule has 47 heavy (non-hydrogen) atoms. The van der Waals surface area contributed by atoms with Crippen LogP contribution in [-0.2, 0) is 19.6 Å². The molecule has 1 aliphatic heterocycles. The summed E-state index contributed by atoms with van der Waals surface area (Å²) in [6, 6.07) is 4.49. The van der Waals surface area contributed by atoms with Gasteiger partial charge in [-0.1, -0.05) is 12.1 Å². The van der Waals surface area contributed by atoms with E-state index in [1.165, 1.54) is 11.4 Å². The fraction of sp³-hybridized carbons (Fsp3) is 0.667. The Balaban J connectivity index is 1.94. The summed E-state index contributed by atoms with van der Waals surface area (Å²) in [5.41, 5.74) is 1.02. The maximum Gasteiger partial charge on any atom is 0.258 e. The van der Waals surface area contributed by atoms with Crippen LogP contribution in [0.1, 0.15) is 74.7 Å². The van der Waals surface area contributed by atoms with E-state index in [4.69, 9.17) is 14.0 Å². The smallest absolute Gasteiger partial charge is 0.258 e. The summed E-state index contributed by atoms with van der Waals surface area (Å²) in [6.45, 7) is 9.82. The third-order valence-corrected chi connectivity index (χ3v) is 10.5. The lowest BCUT2D eigenvalue weighted by molar-refractivity contribution is -0.116. The lowest BCUT2D eigenvalue weighted by Crippen LogP contribution is -2.48. The van der Waals surface area contributed by atoms with Crippen LogP contribution in [-0.4, -0.2) is 117 Å². The molecule has 0 saturated heterocycles. The minimum atomic E-state index is -3.94. The Morgan fingerprint density at radius 2 is 1.91 bits per heavy atom. The number of aromatic nitrogens is 1. The summed E-state index contributed by atoms with van der Waals surface area (Å²) >= 11 is 0. The standard InChI is InChI=1S/C33H53N5O8S/c1-22-19-38(23(2)21-39)33(41)28-18-27(34-31(40)13-11-16-36(6)7)14-15-29(28)45-24(3)12-9-10-17-44-30(22)20-37(8)47(42,43)32-25(4)35-46-26(32)5/h14-15,18,22-24,30,39H,9-13,16-17,19-21H2,1-8H3,(H,34,40)/t22-,23-,24-,30+/m0/s1. The van der Waals surface area contributed by atoms with Gasteiger partial charge in [0.2, 0.25) is 15.9 Å². The van der Waals surface area contributed by atoms with Gasteiger partial charge in [0.05, 0.1) is 30.4 Å². The Labute approximate surface area is 279 Å². The number of hydrogen-bond donors (Lipinski definition) is 2. The minimum Gasteiger partial charge on any atom is -0.490 e. The molecule has 0 aliphatic carbocycles. The van der Waals surface area contributed by atoms with Crippen molar-refractivity contribution in [2.45, 2.75) is 89.9 Å². The average Bonchev–Trinajstić information content (AvgIpc) is 3.36. The number of amides is 2. The summed E-state index contributed by atoms with van der Waals surface area (Å²) in [4.78, 5) is 30.6. The first-order chi connectivity index (χ1) is 22.1. The van der Waals surface area contributed by atoms with E-state index >= 15 is 0 Å². The lowest BCUT2D eigenvalue weighted by Gasteiger charge is -2.35. The predicted octanol–water partition coefficient (Wildman–Crippen LogP) is 3.69. The molecule has 1 aromatic heterocycles. The van der Waals surface area contributed by atoms with Gasteiger partial charge in [-0.15, -0.1) is 0 Å². The highest BCUT2D eigenvalue weighted by Gasteiger charge is 2.34. The molecule has 0 bridgehead atoms. The van der Waals surface area contributed by atoms with Crippen LogP contribution in [0.4, 0.5) is 5.69 Å². The summed E-state index contributed by atoms with van der Waals surface area (Å²) in [5, 5.41) is 16.9. The van der Waals surface area contributed by atoms with Gasteiger partial charge in [0.25, 0.3) is 5.91 Å². The maximum atomic E-state index is 14.3. The van der Waals surface area contributed by atoms with E-state index in [1.54, 1.807) is 43.9 Å². The number of nitrogens with zero attached hydrogens (tertiary/aromatic N) is 4. The van der Waals surface area contributed by atoms with Gasteiger partial charge in [-0.25, -0.2) is 8.42 Å². The molecule has 0 radical (unpaired) electrons. The number of anilines is 1. The first kappa shape index (κ1) is 38.4. The second-order valence-electron chi connectivity index (χ2n) is 12.9. The van der Waals surface area contributed by atoms with Crippen LogP contribution in [0.15, 0.2) is 27.6 Å². The number of rotatable bonds is 11. The molecule has 1 aliphatic rings. The van der Waals surface area contributed by atoms with Gasteiger partial charge in [0, 0.05) is 44.8 Å². The van der Waals surface area contributed by atoms with Gasteiger partial charge in [-0.3, -0.25) is 9.59 Å². The molecule has 2 aromatic rings. The Bertz CT molecular complexity index is 1430. The number of carbonyl (C=O) groups excluding carboxylic acids is 2. The zero-order valence-electron chi connectivity index (χ0n) is 29.1. The van der Waals surface area contributed by atoms with Crippen LogP contribution in [0.5, 0.6) is 5.75 Å². The highest BCUT2D eigenvalue weighted by molar-refractivity contribution is 7.89. The molecular weight excluding hydrogens is 626 g/mol. The van der Waals surface area contributed by atoms with E-state index in [9.17, 15) is 23.1 Å². The summed E-state index contributed by atoms with van der Waals surface area (Å²) < 4.78 is 46.0. The Morgan fingerprint density at radius 3 is 2.55 bits per heavy atom. The Hall–Kier alpha value is -3.04. The zero-order valence-corrected chi connectivity index (χ0v) is 29.9. The molecule has 14 heteroatoms. The van der Waals surface area contributed by atoms with Gasteiger partial charge >= 0.3 is 0 Å². The van der Waals surface area contributed by atoms with Gasteiger partial charge < -0.3 is 34.2 Å². The van der Waals surface area contributed by atoms with E-state index in [0.717, 1.165) is 19.4 Å². The number of likely N-dealkylation sites (N-methyl/N-ethyl adjacent to an activating group) is 1. The molecule has 0 fully saturated rings. The summed E-state index contributed by atoms with van der Waals surface area (Å²) in [6.07, 6.45) is 2.50. The normalized spacial score (nSPS) is 20.9. The third-order valence-electron chi connectivity index (χ3n) is 8.42. The van der Waals surface area contributed by atoms with Crippen molar-refractivity contribution in [3.8, 4) is 5.75 Å². The fourth-order valence-corrected chi connectivity index (χ4v) is 7.06. The largest absolute Gasteiger partial charge is 0.490 e. The van der Waals surface area contributed by atoms with Gasteiger partial charge in [-0.05, 0) is 92.2 Å². The van der Waals surface area contributed by atoms with Crippen molar-refractivity contribution in [2.24, 2.45) is 5.92 Å². The fourth-order valence-electron chi connectivity index (χ4n) is 5.59. The number of hydrogen-bond acceptors (Lipinski definition) is 10. The number of aryl methyl sites for hydroxylation is 2. The number of fused-ring (bicyclic) bond motifs is 1. The molecular formula is C33H53N5O8S. The van der Waals surface area contributed by atoms with Gasteiger partial charge in [0.1, 0.15) is 16.3 Å². The summed E-state index contributed by atoms with van der Waals surface area (Å²) in [7, 11) is 1.46. The lowest BCUT2D eigenvalue weighted by atomic mass is 10.0. The Kier molecular flexibility index (Phi) is 14.2. The van der Waals surface area contributed by atoms with Crippen molar-refractivity contribution in [3.05, 3.63) is 35.2 Å². The van der Waals surface area contributed by atoms with Crippen molar-refractivity contribution in [2.75, 3.05) is 59.3 Å². The van der Waals surface area contributed by atoms with Crippen LogP contribution in [0.3, 0.4) is 0 Å². The minimum absolute atomic E-state index is 0.0310. The number of aliphatic hydroxyl groups excluding tert-OH is 1. The van der Waals surface area contributed by atoms with E-state index in [2.05, 4.69) is 10.5 Å². The second-order valence-corrected chi connectivity index (χ2v) is 14.9. The molecule has 264 valence electrons. The van der Waals surface area contributed by atoms with E-state index < -0.39 is 22.2 Å². The molecule has 0 saturated carbocycles. The number of ether oxygens (including phenoxy) is 2. The van der Waals surface area contributed by atoms with Crippen molar-refractivity contribution in [1.29, 1.82) is 0 Å². The van der Waals surface area contributed by atoms with Crippen LogP contribution < -0.4 is 10.1 Å². The average molecular weight is 680 g/mol. The van der Waals surface area contributed by atoms with Crippen LogP contribution in [0, 0.1) is 19.8 Å². The van der Waals surface area contributed by atoms with E-state index in [1.807, 2.05) is 32.8 Å². The molecule has 3 rings (SSSR count). The van der Waals surface area contributed by atoms with Crippen molar-refractivity contribution >= 4 is 27.5 Å². The van der Waals surface area contributed by atoms with Crippen LogP contribution in [0.25, 0.3) is 0 Å². The molecule has 1 aromatic carbocycles. The highest BCUT2D eigenvalue weighted by atomic mass is 32.2. The molecule has 2 N–H and O–H groups in total. The van der Waals surface area contributed by atoms with Gasteiger partial charge in [-0.2, -0.15) is 4.31 Å². The van der Waals surface area contributed by atoms with Crippen LogP contribution >= 0.6 is 0 Å². The number of sulfonamides is 1. The first-order valence-corrected chi connectivity index (χ1v) is 17.8. The molecule has 2 heterocycles. The molecule has 0 unspecified atom stereocenters. The van der Waals surface area contributed by atoms with Gasteiger partial charge in [0.15, 0.2) is 5.76 Å². The molecule has 13 nitrogen and oxygen atoms in total. The van der Waals surface area contributed by atoms with Crippen molar-refractivity contribution in [3.63, 3.8) is 0 Å². The van der Waals surface area contributed by atoms with E-state index in [0.29, 0.717) is 37.3 Å². The molecule has 2 amide bonds.